The van der Waals surface area contributed by atoms with Crippen LogP contribution in [0.25, 0.3) is 0 Å². The summed E-state index contributed by atoms with van der Waals surface area (Å²) in [5.41, 5.74) is -0.210. The maximum absolute atomic E-state index is 11.6. The van der Waals surface area contributed by atoms with Crippen LogP contribution in [0.2, 0.25) is 5.02 Å². The van der Waals surface area contributed by atoms with E-state index in [0.29, 0.717) is 10.6 Å². The first-order chi connectivity index (χ1) is 7.20. The Labute approximate surface area is 101 Å². The van der Waals surface area contributed by atoms with Crippen LogP contribution in [0.15, 0.2) is 23.1 Å². The number of sulfone groups is 1. The third-order valence-electron chi connectivity index (χ3n) is 2.45. The predicted octanol–water partition coefficient (Wildman–Crippen LogP) is 2.01. The second kappa shape index (κ2) is 4.35. The minimum atomic E-state index is -3.34. The molecule has 0 aliphatic carbocycles. The number of aliphatic hydroxyl groups is 1. The Morgan fingerprint density at radius 2 is 1.94 bits per heavy atom. The Bertz CT molecular complexity index is 492. The molecule has 5 heteroatoms. The second-order valence-electron chi connectivity index (χ2n) is 4.43. The average Bonchev–Trinajstić information content (AvgIpc) is 2.15. The molecular formula is C11H15ClO3S. The molecule has 0 radical (unpaired) electrons. The van der Waals surface area contributed by atoms with Crippen LogP contribution in [-0.4, -0.2) is 26.4 Å². The van der Waals surface area contributed by atoms with Gasteiger partial charge in [-0.3, -0.25) is 0 Å². The standard InChI is InChI=1S/C11H15ClO3S/c1-11(2,7-13)10-8(12)5-4-6-9(10)16(3,14)15/h4-6,13H,7H2,1-3H3. The lowest BCUT2D eigenvalue weighted by molar-refractivity contribution is 0.216. The summed E-state index contributed by atoms with van der Waals surface area (Å²) in [4.78, 5) is 0.180. The smallest absolute Gasteiger partial charge is 0.175 e. The molecule has 0 aromatic heterocycles. The number of hydrogen-bond acceptors (Lipinski definition) is 3. The molecule has 3 nitrogen and oxygen atoms in total. The molecular weight excluding hydrogens is 248 g/mol. The van der Waals surface area contributed by atoms with Crippen molar-refractivity contribution in [1.29, 1.82) is 0 Å². The van der Waals surface area contributed by atoms with E-state index in [-0.39, 0.29) is 11.5 Å². The number of hydrogen-bond donors (Lipinski definition) is 1. The Balaban J connectivity index is 3.61. The fourth-order valence-electron chi connectivity index (χ4n) is 1.55. The van der Waals surface area contributed by atoms with Crippen LogP contribution < -0.4 is 0 Å². The zero-order valence-corrected chi connectivity index (χ0v) is 11.1. The molecule has 1 rings (SSSR count). The number of halogens is 1. The van der Waals surface area contributed by atoms with Crippen LogP contribution in [-0.2, 0) is 15.3 Å². The van der Waals surface area contributed by atoms with Gasteiger partial charge < -0.3 is 5.11 Å². The normalized spacial score (nSPS) is 12.8. The summed E-state index contributed by atoms with van der Waals surface area (Å²) in [6, 6.07) is 4.73. The van der Waals surface area contributed by atoms with Crippen molar-refractivity contribution in [2.45, 2.75) is 24.2 Å². The van der Waals surface area contributed by atoms with Crippen molar-refractivity contribution in [3.63, 3.8) is 0 Å². The Morgan fingerprint density at radius 1 is 1.38 bits per heavy atom. The molecule has 0 saturated carbocycles. The molecule has 0 aliphatic heterocycles. The fourth-order valence-corrected chi connectivity index (χ4v) is 3.12. The topological polar surface area (TPSA) is 54.4 Å². The quantitative estimate of drug-likeness (QED) is 0.907. The highest BCUT2D eigenvalue weighted by Crippen LogP contribution is 2.34. The third kappa shape index (κ3) is 2.56. The van der Waals surface area contributed by atoms with Gasteiger partial charge in [0.1, 0.15) is 0 Å². The van der Waals surface area contributed by atoms with E-state index in [4.69, 9.17) is 11.6 Å². The first kappa shape index (κ1) is 13.5. The molecule has 0 fully saturated rings. The van der Waals surface area contributed by atoms with Gasteiger partial charge >= 0.3 is 0 Å². The number of aliphatic hydroxyl groups excluding tert-OH is 1. The van der Waals surface area contributed by atoms with E-state index in [2.05, 4.69) is 0 Å². The van der Waals surface area contributed by atoms with E-state index >= 15 is 0 Å². The van der Waals surface area contributed by atoms with Crippen LogP contribution in [0.5, 0.6) is 0 Å². The molecule has 1 N–H and O–H groups in total. The van der Waals surface area contributed by atoms with Crippen molar-refractivity contribution in [3.8, 4) is 0 Å². The number of rotatable bonds is 3. The molecule has 0 unspecified atom stereocenters. The van der Waals surface area contributed by atoms with Crippen LogP contribution in [0.1, 0.15) is 19.4 Å². The Hall–Kier alpha value is -0.580. The molecule has 0 bridgehead atoms. The van der Waals surface area contributed by atoms with Gasteiger partial charge in [0.2, 0.25) is 0 Å². The first-order valence-electron chi connectivity index (χ1n) is 4.80. The van der Waals surface area contributed by atoms with E-state index in [0.717, 1.165) is 6.26 Å². The van der Waals surface area contributed by atoms with Gasteiger partial charge in [-0.25, -0.2) is 8.42 Å². The largest absolute Gasteiger partial charge is 0.395 e. The van der Waals surface area contributed by atoms with Gasteiger partial charge in [0.15, 0.2) is 9.84 Å². The lowest BCUT2D eigenvalue weighted by atomic mass is 9.85. The highest BCUT2D eigenvalue weighted by Gasteiger charge is 2.28. The third-order valence-corrected chi connectivity index (χ3v) is 3.90. The summed E-state index contributed by atoms with van der Waals surface area (Å²) >= 11 is 6.02. The summed E-state index contributed by atoms with van der Waals surface area (Å²) < 4.78 is 23.3. The minimum absolute atomic E-state index is 0.167. The van der Waals surface area contributed by atoms with E-state index in [1.54, 1.807) is 26.0 Å². The zero-order valence-electron chi connectivity index (χ0n) is 9.49. The molecule has 0 saturated heterocycles. The van der Waals surface area contributed by atoms with E-state index in [9.17, 15) is 13.5 Å². The molecule has 0 amide bonds. The van der Waals surface area contributed by atoms with Gasteiger partial charge in [-0.2, -0.15) is 0 Å². The summed E-state index contributed by atoms with van der Waals surface area (Å²) in [5.74, 6) is 0. The summed E-state index contributed by atoms with van der Waals surface area (Å²) in [5, 5.41) is 9.67. The number of benzene rings is 1. The Kier molecular flexibility index (Phi) is 3.67. The van der Waals surface area contributed by atoms with E-state index in [1.165, 1.54) is 6.07 Å². The van der Waals surface area contributed by atoms with Crippen molar-refractivity contribution < 1.29 is 13.5 Å². The molecule has 1 aromatic rings. The van der Waals surface area contributed by atoms with Gasteiger partial charge in [-0.05, 0) is 17.7 Å². The van der Waals surface area contributed by atoms with Crippen LogP contribution >= 0.6 is 11.6 Å². The SMILES string of the molecule is CC(C)(CO)c1c(Cl)cccc1S(C)(=O)=O. The summed E-state index contributed by atoms with van der Waals surface area (Å²) in [7, 11) is -3.34. The summed E-state index contributed by atoms with van der Waals surface area (Å²) in [6.45, 7) is 3.34. The zero-order chi connectivity index (χ0) is 12.6. The lowest BCUT2D eigenvalue weighted by Crippen LogP contribution is -2.25. The van der Waals surface area contributed by atoms with E-state index < -0.39 is 15.3 Å². The lowest BCUT2D eigenvalue weighted by Gasteiger charge is -2.25. The highest BCUT2D eigenvalue weighted by molar-refractivity contribution is 7.90. The van der Waals surface area contributed by atoms with Gasteiger partial charge in [0, 0.05) is 16.7 Å². The molecule has 0 atom stereocenters. The van der Waals surface area contributed by atoms with Crippen molar-refractivity contribution >= 4 is 21.4 Å². The maximum atomic E-state index is 11.6. The van der Waals surface area contributed by atoms with Crippen molar-refractivity contribution in [2.24, 2.45) is 0 Å². The van der Waals surface area contributed by atoms with Gasteiger partial charge in [0.05, 0.1) is 11.5 Å². The predicted molar refractivity (Wildman–Crippen MR) is 64.7 cm³/mol. The minimum Gasteiger partial charge on any atom is -0.395 e. The average molecular weight is 263 g/mol. The highest BCUT2D eigenvalue weighted by atomic mass is 35.5. The van der Waals surface area contributed by atoms with Crippen LogP contribution in [0.4, 0.5) is 0 Å². The van der Waals surface area contributed by atoms with Crippen molar-refractivity contribution in [1.82, 2.24) is 0 Å². The Morgan fingerprint density at radius 3 is 2.38 bits per heavy atom. The molecule has 0 aliphatic rings. The maximum Gasteiger partial charge on any atom is 0.175 e. The van der Waals surface area contributed by atoms with Crippen LogP contribution in [0.3, 0.4) is 0 Å². The van der Waals surface area contributed by atoms with Gasteiger partial charge in [0.25, 0.3) is 0 Å². The van der Waals surface area contributed by atoms with Crippen molar-refractivity contribution in [3.05, 3.63) is 28.8 Å². The molecule has 1 aromatic carbocycles. The molecule has 16 heavy (non-hydrogen) atoms. The molecule has 0 heterocycles. The molecule has 90 valence electrons. The molecule has 0 spiro atoms. The van der Waals surface area contributed by atoms with Gasteiger partial charge in [-0.15, -0.1) is 0 Å². The van der Waals surface area contributed by atoms with Crippen LogP contribution in [0, 0.1) is 0 Å². The monoisotopic (exact) mass is 262 g/mol. The first-order valence-corrected chi connectivity index (χ1v) is 7.07. The van der Waals surface area contributed by atoms with Crippen molar-refractivity contribution in [2.75, 3.05) is 12.9 Å². The fraction of sp³-hybridized carbons (Fsp3) is 0.455. The second-order valence-corrected chi connectivity index (χ2v) is 6.82. The van der Waals surface area contributed by atoms with E-state index in [1.807, 2.05) is 0 Å². The summed E-state index contributed by atoms with van der Waals surface area (Å²) in [6.07, 6.45) is 1.13. The van der Waals surface area contributed by atoms with Gasteiger partial charge in [-0.1, -0.05) is 31.5 Å².